The topological polar surface area (TPSA) is 75.2 Å². The number of methoxy groups -OCH3 is 2. The van der Waals surface area contributed by atoms with E-state index in [1.165, 1.54) is 11.3 Å². The highest BCUT2D eigenvalue weighted by atomic mass is 32.1. The van der Waals surface area contributed by atoms with Gasteiger partial charge in [-0.2, -0.15) is 0 Å². The van der Waals surface area contributed by atoms with Crippen LogP contribution >= 0.6 is 11.3 Å². The van der Waals surface area contributed by atoms with Crippen molar-refractivity contribution in [2.45, 2.75) is 13.5 Å². The standard InChI is InChI=1S/C21H28N4O4S/c1-14-19(21(27)23(2)3)30-18(22-14)13-24-8-10-25(11-9-24)20(26)16-7-6-15(28-4)12-17(16)29-5/h6-7,12H,8-11,13H2,1-5H3. The second-order valence-electron chi connectivity index (χ2n) is 7.36. The van der Waals surface area contributed by atoms with E-state index in [1.807, 2.05) is 11.8 Å². The molecule has 0 unspecified atom stereocenters. The third-order valence-electron chi connectivity index (χ3n) is 5.10. The summed E-state index contributed by atoms with van der Waals surface area (Å²) in [5, 5.41) is 0.925. The molecular weight excluding hydrogens is 404 g/mol. The number of ether oxygens (including phenoxy) is 2. The first-order valence-corrected chi connectivity index (χ1v) is 10.6. The fourth-order valence-corrected chi connectivity index (χ4v) is 4.50. The minimum Gasteiger partial charge on any atom is -0.497 e. The van der Waals surface area contributed by atoms with Gasteiger partial charge < -0.3 is 19.3 Å². The van der Waals surface area contributed by atoms with Gasteiger partial charge in [-0.15, -0.1) is 11.3 Å². The largest absolute Gasteiger partial charge is 0.497 e. The van der Waals surface area contributed by atoms with E-state index >= 15 is 0 Å². The van der Waals surface area contributed by atoms with Crippen LogP contribution in [0, 0.1) is 6.92 Å². The molecule has 2 aromatic rings. The lowest BCUT2D eigenvalue weighted by atomic mass is 10.1. The third kappa shape index (κ3) is 4.73. The van der Waals surface area contributed by atoms with E-state index in [0.717, 1.165) is 23.8 Å². The Morgan fingerprint density at radius 2 is 1.83 bits per heavy atom. The zero-order valence-electron chi connectivity index (χ0n) is 18.1. The number of amides is 2. The number of aromatic nitrogens is 1. The van der Waals surface area contributed by atoms with E-state index in [2.05, 4.69) is 9.88 Å². The maximum absolute atomic E-state index is 13.0. The molecule has 30 heavy (non-hydrogen) atoms. The first-order valence-electron chi connectivity index (χ1n) is 9.75. The van der Waals surface area contributed by atoms with Crippen LogP contribution < -0.4 is 9.47 Å². The normalized spacial score (nSPS) is 14.5. The molecule has 2 amide bonds. The summed E-state index contributed by atoms with van der Waals surface area (Å²) in [6.45, 7) is 5.30. The van der Waals surface area contributed by atoms with Gasteiger partial charge in [-0.3, -0.25) is 14.5 Å². The Morgan fingerprint density at radius 3 is 2.43 bits per heavy atom. The van der Waals surface area contributed by atoms with Crippen LogP contribution in [-0.4, -0.2) is 86.0 Å². The predicted molar refractivity (Wildman–Crippen MR) is 116 cm³/mol. The molecule has 0 bridgehead atoms. The summed E-state index contributed by atoms with van der Waals surface area (Å²) in [5.41, 5.74) is 1.31. The van der Waals surface area contributed by atoms with Crippen molar-refractivity contribution < 1.29 is 19.1 Å². The second kappa shape index (κ2) is 9.44. The number of benzene rings is 1. The number of nitrogens with zero attached hydrogens (tertiary/aromatic N) is 4. The van der Waals surface area contributed by atoms with Gasteiger partial charge in [-0.05, 0) is 19.1 Å². The lowest BCUT2D eigenvalue weighted by Gasteiger charge is -2.34. The Labute approximate surface area is 181 Å². The van der Waals surface area contributed by atoms with E-state index in [1.54, 1.807) is 51.4 Å². The molecule has 0 aliphatic carbocycles. The highest BCUT2D eigenvalue weighted by Crippen LogP contribution is 2.26. The van der Waals surface area contributed by atoms with Gasteiger partial charge in [-0.25, -0.2) is 4.98 Å². The maximum Gasteiger partial charge on any atom is 0.265 e. The van der Waals surface area contributed by atoms with Gasteiger partial charge in [-0.1, -0.05) is 0 Å². The molecule has 0 radical (unpaired) electrons. The van der Waals surface area contributed by atoms with E-state index in [-0.39, 0.29) is 11.8 Å². The molecule has 1 aromatic carbocycles. The molecule has 1 aliphatic heterocycles. The van der Waals surface area contributed by atoms with Crippen molar-refractivity contribution >= 4 is 23.2 Å². The number of hydrogen-bond acceptors (Lipinski definition) is 7. The zero-order chi connectivity index (χ0) is 21.8. The van der Waals surface area contributed by atoms with E-state index in [9.17, 15) is 9.59 Å². The molecule has 1 aliphatic rings. The minimum absolute atomic E-state index is 0.0138. The van der Waals surface area contributed by atoms with Crippen LogP contribution in [0.1, 0.15) is 30.7 Å². The van der Waals surface area contributed by atoms with E-state index in [0.29, 0.717) is 41.6 Å². The first kappa shape index (κ1) is 22.0. The molecule has 0 spiro atoms. The molecule has 9 heteroatoms. The summed E-state index contributed by atoms with van der Waals surface area (Å²) < 4.78 is 10.6. The Balaban J connectivity index is 1.61. The number of rotatable bonds is 6. The fraction of sp³-hybridized carbons (Fsp3) is 0.476. The Bertz CT molecular complexity index is 920. The maximum atomic E-state index is 13.0. The van der Waals surface area contributed by atoms with Crippen molar-refractivity contribution in [3.05, 3.63) is 39.3 Å². The highest BCUT2D eigenvalue weighted by molar-refractivity contribution is 7.13. The van der Waals surface area contributed by atoms with Crippen LogP contribution in [0.4, 0.5) is 0 Å². The van der Waals surface area contributed by atoms with Crippen LogP contribution in [0.3, 0.4) is 0 Å². The highest BCUT2D eigenvalue weighted by Gasteiger charge is 2.26. The monoisotopic (exact) mass is 432 g/mol. The minimum atomic E-state index is -0.0434. The molecule has 3 rings (SSSR count). The Kier molecular flexibility index (Phi) is 6.94. The molecule has 0 N–H and O–H groups in total. The number of carbonyl (C=O) groups is 2. The molecular formula is C21H28N4O4S. The third-order valence-corrected chi connectivity index (χ3v) is 6.23. The van der Waals surface area contributed by atoms with Crippen LogP contribution in [0.2, 0.25) is 0 Å². The molecule has 8 nitrogen and oxygen atoms in total. The van der Waals surface area contributed by atoms with Crippen LogP contribution in [-0.2, 0) is 6.54 Å². The molecule has 0 atom stereocenters. The lowest BCUT2D eigenvalue weighted by molar-refractivity contribution is 0.0625. The van der Waals surface area contributed by atoms with Gasteiger partial charge in [0.1, 0.15) is 21.4 Å². The summed E-state index contributed by atoms with van der Waals surface area (Å²) in [7, 11) is 6.62. The SMILES string of the molecule is COc1ccc(C(=O)N2CCN(Cc3nc(C)c(C(=O)N(C)C)s3)CC2)c(OC)c1. The summed E-state index contributed by atoms with van der Waals surface area (Å²) in [5.74, 6) is 1.11. The molecule has 2 heterocycles. The number of aryl methyl sites for hydroxylation is 1. The predicted octanol–water partition coefficient (Wildman–Crippen LogP) is 2.13. The van der Waals surface area contributed by atoms with Crippen molar-refractivity contribution in [3.63, 3.8) is 0 Å². The lowest BCUT2D eigenvalue weighted by Crippen LogP contribution is -2.48. The summed E-state index contributed by atoms with van der Waals surface area (Å²) in [6.07, 6.45) is 0. The number of thiazole rings is 1. The molecule has 1 saturated heterocycles. The molecule has 162 valence electrons. The van der Waals surface area contributed by atoms with Gasteiger partial charge in [0.05, 0.1) is 32.0 Å². The van der Waals surface area contributed by atoms with E-state index in [4.69, 9.17) is 9.47 Å². The summed E-state index contributed by atoms with van der Waals surface area (Å²) in [6, 6.07) is 5.23. The fourth-order valence-electron chi connectivity index (χ4n) is 3.37. The van der Waals surface area contributed by atoms with Crippen molar-refractivity contribution in [2.24, 2.45) is 0 Å². The molecule has 1 aromatic heterocycles. The number of carbonyl (C=O) groups excluding carboxylic acids is 2. The van der Waals surface area contributed by atoms with Crippen molar-refractivity contribution in [3.8, 4) is 11.5 Å². The zero-order valence-corrected chi connectivity index (χ0v) is 18.9. The second-order valence-corrected chi connectivity index (χ2v) is 8.44. The van der Waals surface area contributed by atoms with Gasteiger partial charge in [0.15, 0.2) is 0 Å². The van der Waals surface area contributed by atoms with Crippen LogP contribution in [0.25, 0.3) is 0 Å². The number of hydrogen-bond donors (Lipinski definition) is 0. The van der Waals surface area contributed by atoms with Gasteiger partial charge in [0.2, 0.25) is 0 Å². The first-order chi connectivity index (χ1) is 14.3. The summed E-state index contributed by atoms with van der Waals surface area (Å²) in [4.78, 5) is 36.1. The van der Waals surface area contributed by atoms with Crippen molar-refractivity contribution in [2.75, 3.05) is 54.5 Å². The van der Waals surface area contributed by atoms with Gasteiger partial charge in [0.25, 0.3) is 11.8 Å². The van der Waals surface area contributed by atoms with Crippen molar-refractivity contribution in [1.82, 2.24) is 19.7 Å². The van der Waals surface area contributed by atoms with Gasteiger partial charge >= 0.3 is 0 Å². The van der Waals surface area contributed by atoms with Crippen LogP contribution in [0.15, 0.2) is 18.2 Å². The molecule has 0 saturated carbocycles. The van der Waals surface area contributed by atoms with E-state index < -0.39 is 0 Å². The Hall–Kier alpha value is -2.65. The number of piperazine rings is 1. The average Bonchev–Trinajstić information content (AvgIpc) is 3.12. The summed E-state index contributed by atoms with van der Waals surface area (Å²) >= 11 is 1.45. The quantitative estimate of drug-likeness (QED) is 0.696. The smallest absolute Gasteiger partial charge is 0.265 e. The molecule has 1 fully saturated rings. The van der Waals surface area contributed by atoms with Gasteiger partial charge in [0, 0.05) is 46.3 Å². The van der Waals surface area contributed by atoms with Crippen LogP contribution in [0.5, 0.6) is 11.5 Å². The van der Waals surface area contributed by atoms with Crippen molar-refractivity contribution in [1.29, 1.82) is 0 Å². The Morgan fingerprint density at radius 1 is 1.13 bits per heavy atom. The average molecular weight is 433 g/mol.